The third-order valence-corrected chi connectivity index (χ3v) is 4.79. The van der Waals surface area contributed by atoms with Crippen LogP contribution in [0.4, 0.5) is 0 Å². The molecular formula is C17H23N3O2. The maximum atomic E-state index is 12.2. The lowest BCUT2D eigenvalue weighted by Gasteiger charge is -2.40. The fraction of sp³-hybridized carbons (Fsp3) is 0.529. The molecule has 0 radical (unpaired) electrons. The lowest BCUT2D eigenvalue weighted by molar-refractivity contribution is -0.135. The van der Waals surface area contributed by atoms with Crippen LogP contribution >= 0.6 is 0 Å². The molecule has 3 N–H and O–H groups in total. The Balaban J connectivity index is 1.53. The molecule has 0 bridgehead atoms. The molecule has 1 aromatic rings. The Morgan fingerprint density at radius 2 is 1.95 bits per heavy atom. The first-order chi connectivity index (χ1) is 10.7. The Bertz CT molecular complexity index is 532. The van der Waals surface area contributed by atoms with Crippen LogP contribution in [0.1, 0.15) is 37.7 Å². The number of nitrogens with one attached hydrogen (secondary N) is 3. The van der Waals surface area contributed by atoms with E-state index in [0.717, 1.165) is 31.2 Å². The summed E-state index contributed by atoms with van der Waals surface area (Å²) in [6, 6.07) is 9.92. The van der Waals surface area contributed by atoms with Crippen LogP contribution in [0, 0.1) is 11.8 Å². The molecule has 3 unspecified atom stereocenters. The van der Waals surface area contributed by atoms with Gasteiger partial charge in [0.05, 0.1) is 0 Å². The summed E-state index contributed by atoms with van der Waals surface area (Å²) in [6.45, 7) is 0.548. The van der Waals surface area contributed by atoms with E-state index in [1.54, 1.807) is 0 Å². The molecule has 22 heavy (non-hydrogen) atoms. The van der Waals surface area contributed by atoms with Crippen LogP contribution in [0.25, 0.3) is 0 Å². The highest BCUT2D eigenvalue weighted by atomic mass is 16.2. The van der Waals surface area contributed by atoms with Crippen LogP contribution < -0.4 is 16.2 Å². The van der Waals surface area contributed by atoms with E-state index in [4.69, 9.17) is 0 Å². The molecule has 1 aromatic carbocycles. The number of fused-ring (bicyclic) bond motifs is 1. The second-order valence-corrected chi connectivity index (χ2v) is 6.26. The van der Waals surface area contributed by atoms with E-state index in [1.165, 1.54) is 0 Å². The summed E-state index contributed by atoms with van der Waals surface area (Å²) < 4.78 is 0. The van der Waals surface area contributed by atoms with E-state index in [2.05, 4.69) is 16.2 Å². The number of amides is 2. The highest BCUT2D eigenvalue weighted by Gasteiger charge is 2.40. The SMILES string of the molecule is O=C(CC1NNC(=O)C2CCCCC12)NCc1ccccc1. The molecule has 2 amide bonds. The second kappa shape index (κ2) is 6.92. The van der Waals surface area contributed by atoms with Crippen molar-refractivity contribution in [3.8, 4) is 0 Å². The van der Waals surface area contributed by atoms with Crippen molar-refractivity contribution in [2.24, 2.45) is 11.8 Å². The van der Waals surface area contributed by atoms with E-state index in [0.29, 0.717) is 13.0 Å². The Kier molecular flexibility index (Phi) is 4.73. The second-order valence-electron chi connectivity index (χ2n) is 6.26. The number of hydrogen-bond donors (Lipinski definition) is 3. The number of carbonyl (C=O) groups is 2. The van der Waals surface area contributed by atoms with Crippen LogP contribution in [-0.2, 0) is 16.1 Å². The van der Waals surface area contributed by atoms with E-state index < -0.39 is 0 Å². The third-order valence-electron chi connectivity index (χ3n) is 4.79. The van der Waals surface area contributed by atoms with Crippen molar-refractivity contribution in [1.29, 1.82) is 0 Å². The predicted octanol–water partition coefficient (Wildman–Crippen LogP) is 1.50. The molecule has 3 atom stereocenters. The summed E-state index contributed by atoms with van der Waals surface area (Å²) >= 11 is 0. The summed E-state index contributed by atoms with van der Waals surface area (Å²) in [5, 5.41) is 2.96. The van der Waals surface area contributed by atoms with Gasteiger partial charge in [0.15, 0.2) is 0 Å². The fourth-order valence-corrected chi connectivity index (χ4v) is 3.60. The summed E-state index contributed by atoms with van der Waals surface area (Å²) in [5.74, 6) is 0.472. The Morgan fingerprint density at radius 1 is 1.18 bits per heavy atom. The number of hydrazine groups is 1. The summed E-state index contributed by atoms with van der Waals surface area (Å²) in [5.41, 5.74) is 6.87. The molecule has 2 fully saturated rings. The van der Waals surface area contributed by atoms with Gasteiger partial charge in [0.2, 0.25) is 11.8 Å². The molecule has 0 spiro atoms. The van der Waals surface area contributed by atoms with Gasteiger partial charge in [-0.25, -0.2) is 5.43 Å². The number of carbonyl (C=O) groups excluding carboxylic acids is 2. The van der Waals surface area contributed by atoms with Gasteiger partial charge < -0.3 is 5.32 Å². The molecule has 1 saturated heterocycles. The lowest BCUT2D eigenvalue weighted by Crippen LogP contribution is -2.60. The van der Waals surface area contributed by atoms with Crippen molar-refractivity contribution in [3.63, 3.8) is 0 Å². The van der Waals surface area contributed by atoms with E-state index in [1.807, 2.05) is 30.3 Å². The predicted molar refractivity (Wildman–Crippen MR) is 83.4 cm³/mol. The van der Waals surface area contributed by atoms with Gasteiger partial charge >= 0.3 is 0 Å². The summed E-state index contributed by atoms with van der Waals surface area (Å²) in [4.78, 5) is 24.1. The van der Waals surface area contributed by atoms with Crippen molar-refractivity contribution >= 4 is 11.8 Å². The number of benzene rings is 1. The van der Waals surface area contributed by atoms with Crippen LogP contribution in [-0.4, -0.2) is 17.9 Å². The molecule has 2 aliphatic rings. The van der Waals surface area contributed by atoms with Crippen molar-refractivity contribution in [3.05, 3.63) is 35.9 Å². The molecule has 5 heteroatoms. The Hall–Kier alpha value is -1.88. The summed E-state index contributed by atoms with van der Waals surface area (Å²) in [7, 11) is 0. The van der Waals surface area contributed by atoms with Gasteiger partial charge in [0, 0.05) is 24.9 Å². The molecular weight excluding hydrogens is 278 g/mol. The minimum Gasteiger partial charge on any atom is -0.352 e. The summed E-state index contributed by atoms with van der Waals surface area (Å²) in [6.07, 6.45) is 4.65. The highest BCUT2D eigenvalue weighted by Crippen LogP contribution is 2.35. The third kappa shape index (κ3) is 3.47. The van der Waals surface area contributed by atoms with Gasteiger partial charge in [-0.15, -0.1) is 0 Å². The van der Waals surface area contributed by atoms with Crippen molar-refractivity contribution < 1.29 is 9.59 Å². The average Bonchev–Trinajstić information content (AvgIpc) is 2.57. The van der Waals surface area contributed by atoms with Gasteiger partial charge in [0.1, 0.15) is 0 Å². The zero-order chi connectivity index (χ0) is 15.4. The first-order valence-electron chi connectivity index (χ1n) is 8.10. The highest BCUT2D eigenvalue weighted by molar-refractivity contribution is 5.81. The van der Waals surface area contributed by atoms with Crippen LogP contribution in [0.15, 0.2) is 30.3 Å². The van der Waals surface area contributed by atoms with E-state index in [-0.39, 0.29) is 29.7 Å². The van der Waals surface area contributed by atoms with Crippen LogP contribution in [0.2, 0.25) is 0 Å². The zero-order valence-corrected chi connectivity index (χ0v) is 12.7. The molecule has 118 valence electrons. The van der Waals surface area contributed by atoms with Crippen molar-refractivity contribution in [2.75, 3.05) is 0 Å². The zero-order valence-electron chi connectivity index (χ0n) is 12.7. The smallest absolute Gasteiger partial charge is 0.237 e. The maximum Gasteiger partial charge on any atom is 0.237 e. The Labute approximate surface area is 130 Å². The first-order valence-corrected chi connectivity index (χ1v) is 8.10. The lowest BCUT2D eigenvalue weighted by atomic mass is 9.73. The van der Waals surface area contributed by atoms with Gasteiger partial charge in [-0.1, -0.05) is 43.2 Å². The van der Waals surface area contributed by atoms with Crippen molar-refractivity contribution in [2.45, 2.75) is 44.7 Å². The van der Waals surface area contributed by atoms with Crippen LogP contribution in [0.5, 0.6) is 0 Å². The Morgan fingerprint density at radius 3 is 2.77 bits per heavy atom. The van der Waals surface area contributed by atoms with Gasteiger partial charge in [0.25, 0.3) is 0 Å². The standard InChI is InChI=1S/C17H23N3O2/c21-16(18-11-12-6-2-1-3-7-12)10-15-13-8-4-5-9-14(13)17(22)20-19-15/h1-3,6-7,13-15,19H,4-5,8-11H2,(H,18,21)(H,20,22). The molecule has 3 rings (SSSR count). The molecule has 1 saturated carbocycles. The quantitative estimate of drug-likeness (QED) is 0.789. The topological polar surface area (TPSA) is 70.2 Å². The maximum absolute atomic E-state index is 12.2. The molecule has 0 aromatic heterocycles. The van der Waals surface area contributed by atoms with Gasteiger partial charge in [-0.05, 0) is 24.3 Å². The minimum absolute atomic E-state index is 0.0295. The average molecular weight is 301 g/mol. The first kappa shape index (κ1) is 15.0. The number of rotatable bonds is 4. The van der Waals surface area contributed by atoms with E-state index in [9.17, 15) is 9.59 Å². The number of hydrogen-bond acceptors (Lipinski definition) is 3. The van der Waals surface area contributed by atoms with Crippen molar-refractivity contribution in [1.82, 2.24) is 16.2 Å². The molecule has 1 aliphatic carbocycles. The van der Waals surface area contributed by atoms with Gasteiger partial charge in [-0.2, -0.15) is 0 Å². The molecule has 5 nitrogen and oxygen atoms in total. The normalized spacial score (nSPS) is 27.6. The van der Waals surface area contributed by atoms with Gasteiger partial charge in [-0.3, -0.25) is 15.0 Å². The fourth-order valence-electron chi connectivity index (χ4n) is 3.60. The minimum atomic E-state index is 0.0295. The monoisotopic (exact) mass is 301 g/mol. The van der Waals surface area contributed by atoms with Crippen LogP contribution in [0.3, 0.4) is 0 Å². The molecule has 1 aliphatic heterocycles. The molecule has 1 heterocycles. The van der Waals surface area contributed by atoms with E-state index >= 15 is 0 Å². The largest absolute Gasteiger partial charge is 0.352 e.